The maximum absolute atomic E-state index is 8.74. The molecule has 0 aliphatic carbocycles. The summed E-state index contributed by atoms with van der Waals surface area (Å²) >= 11 is 0. The number of unbranched alkanes of at least 4 members (excludes halogenated alkanes) is 7. The maximum Gasteiger partial charge on any atom is 0.394 e. The molecule has 0 heterocycles. The van der Waals surface area contributed by atoms with Gasteiger partial charge in [-0.25, -0.2) is 0 Å². The Labute approximate surface area is 124 Å². The highest BCUT2D eigenvalue weighted by Crippen LogP contribution is 2.11. The zero-order valence-corrected chi connectivity index (χ0v) is 14.0. The Hall–Kier alpha value is -0.170. The van der Waals surface area contributed by atoms with E-state index in [9.17, 15) is 0 Å². The van der Waals surface area contributed by atoms with Crippen molar-refractivity contribution >= 4 is 10.4 Å². The first-order valence-electron chi connectivity index (χ1n) is 7.62. The van der Waals surface area contributed by atoms with Crippen LogP contribution in [0.1, 0.15) is 78.6 Å². The standard InChI is InChI=1S/C14H30O.H2O4S/c1-4-6-7-8-9-10-11-12-13-14(3)15-5-2;1-5(2,3)4/h14H,4-13H2,1-3H3;(H2,1,2,3,4). The van der Waals surface area contributed by atoms with Crippen molar-refractivity contribution in [3.05, 3.63) is 0 Å². The lowest BCUT2D eigenvalue weighted by Crippen LogP contribution is -2.07. The Bertz CT molecular complexity index is 269. The molecule has 20 heavy (non-hydrogen) atoms. The first kappa shape index (κ1) is 22.1. The van der Waals surface area contributed by atoms with E-state index in [1.165, 1.54) is 57.8 Å². The van der Waals surface area contributed by atoms with Gasteiger partial charge in [0.2, 0.25) is 0 Å². The van der Waals surface area contributed by atoms with Gasteiger partial charge in [-0.15, -0.1) is 0 Å². The summed E-state index contributed by atoms with van der Waals surface area (Å²) in [5.41, 5.74) is 0. The van der Waals surface area contributed by atoms with Crippen molar-refractivity contribution < 1.29 is 22.3 Å². The van der Waals surface area contributed by atoms with E-state index >= 15 is 0 Å². The first-order valence-corrected chi connectivity index (χ1v) is 9.02. The van der Waals surface area contributed by atoms with Crippen molar-refractivity contribution in [2.75, 3.05) is 6.61 Å². The minimum absolute atomic E-state index is 0.468. The second kappa shape index (κ2) is 15.2. The van der Waals surface area contributed by atoms with Gasteiger partial charge < -0.3 is 4.74 Å². The molecule has 124 valence electrons. The normalized spacial score (nSPS) is 12.7. The van der Waals surface area contributed by atoms with Gasteiger partial charge in [0.15, 0.2) is 0 Å². The Kier molecular flexibility index (Phi) is 16.8. The number of hydrogen-bond acceptors (Lipinski definition) is 3. The highest BCUT2D eigenvalue weighted by atomic mass is 32.3. The lowest BCUT2D eigenvalue weighted by molar-refractivity contribution is 0.0683. The molecule has 0 rings (SSSR count). The smallest absolute Gasteiger partial charge is 0.379 e. The van der Waals surface area contributed by atoms with Gasteiger partial charge in [0.05, 0.1) is 6.10 Å². The zero-order valence-electron chi connectivity index (χ0n) is 13.2. The van der Waals surface area contributed by atoms with Crippen molar-refractivity contribution in [2.24, 2.45) is 0 Å². The minimum atomic E-state index is -4.67. The molecule has 0 aliphatic rings. The molecule has 0 saturated heterocycles. The van der Waals surface area contributed by atoms with Gasteiger partial charge in [0.1, 0.15) is 0 Å². The van der Waals surface area contributed by atoms with Crippen LogP contribution >= 0.6 is 0 Å². The molecule has 1 atom stereocenters. The molecule has 2 N–H and O–H groups in total. The van der Waals surface area contributed by atoms with E-state index in [-0.39, 0.29) is 0 Å². The lowest BCUT2D eigenvalue weighted by atomic mass is 10.1. The monoisotopic (exact) mass is 312 g/mol. The van der Waals surface area contributed by atoms with Gasteiger partial charge in [-0.1, -0.05) is 58.3 Å². The molecule has 0 aromatic rings. The Balaban J connectivity index is 0. The van der Waals surface area contributed by atoms with Gasteiger partial charge in [-0.05, 0) is 20.3 Å². The van der Waals surface area contributed by atoms with Crippen LogP contribution in [-0.2, 0) is 15.1 Å². The van der Waals surface area contributed by atoms with E-state index in [2.05, 4.69) is 20.8 Å². The molecular formula is C14H32O5S. The molecule has 0 saturated carbocycles. The quantitative estimate of drug-likeness (QED) is 0.439. The van der Waals surface area contributed by atoms with Crippen LogP contribution in [0, 0.1) is 0 Å². The average molecular weight is 312 g/mol. The summed E-state index contributed by atoms with van der Waals surface area (Å²) in [4.78, 5) is 0. The van der Waals surface area contributed by atoms with Crippen LogP contribution in [-0.4, -0.2) is 30.2 Å². The lowest BCUT2D eigenvalue weighted by Gasteiger charge is -2.10. The average Bonchev–Trinajstić information content (AvgIpc) is 2.31. The predicted molar refractivity (Wildman–Crippen MR) is 82.5 cm³/mol. The van der Waals surface area contributed by atoms with Crippen LogP contribution in [0.2, 0.25) is 0 Å². The molecule has 0 fully saturated rings. The van der Waals surface area contributed by atoms with Crippen molar-refractivity contribution in [1.29, 1.82) is 0 Å². The number of ether oxygens (including phenoxy) is 1. The molecule has 0 radical (unpaired) electrons. The maximum atomic E-state index is 8.74. The van der Waals surface area contributed by atoms with Crippen LogP contribution in [0.4, 0.5) is 0 Å². The first-order chi connectivity index (χ1) is 9.31. The summed E-state index contributed by atoms with van der Waals surface area (Å²) in [5, 5.41) is 0. The number of hydrogen-bond donors (Lipinski definition) is 2. The molecule has 0 aliphatic heterocycles. The van der Waals surface area contributed by atoms with E-state index in [1.807, 2.05) is 0 Å². The third-order valence-corrected chi connectivity index (χ3v) is 2.92. The Morgan fingerprint density at radius 3 is 1.70 bits per heavy atom. The van der Waals surface area contributed by atoms with Gasteiger partial charge in [-0.3, -0.25) is 9.11 Å². The predicted octanol–water partition coefficient (Wildman–Crippen LogP) is 4.29. The van der Waals surface area contributed by atoms with Crippen molar-refractivity contribution in [2.45, 2.75) is 84.7 Å². The summed E-state index contributed by atoms with van der Waals surface area (Å²) in [6.07, 6.45) is 12.9. The van der Waals surface area contributed by atoms with Gasteiger partial charge in [-0.2, -0.15) is 8.42 Å². The van der Waals surface area contributed by atoms with Crippen LogP contribution in [0.25, 0.3) is 0 Å². The molecule has 0 amide bonds. The fourth-order valence-corrected chi connectivity index (χ4v) is 1.93. The molecule has 0 spiro atoms. The molecule has 0 bridgehead atoms. The Morgan fingerprint density at radius 1 is 0.900 bits per heavy atom. The molecular weight excluding hydrogens is 280 g/mol. The fraction of sp³-hybridized carbons (Fsp3) is 1.00. The summed E-state index contributed by atoms with van der Waals surface area (Å²) in [6, 6.07) is 0. The SMILES string of the molecule is CCCCCCCCCCC(C)OCC.O=S(=O)(O)O. The Morgan fingerprint density at radius 2 is 1.30 bits per heavy atom. The summed E-state index contributed by atoms with van der Waals surface area (Å²) in [6.45, 7) is 7.39. The second-order valence-electron chi connectivity index (χ2n) is 4.98. The summed E-state index contributed by atoms with van der Waals surface area (Å²) in [5.74, 6) is 0. The van der Waals surface area contributed by atoms with Gasteiger partial charge in [0.25, 0.3) is 0 Å². The van der Waals surface area contributed by atoms with Crippen molar-refractivity contribution in [3.8, 4) is 0 Å². The van der Waals surface area contributed by atoms with Crippen molar-refractivity contribution in [3.63, 3.8) is 0 Å². The largest absolute Gasteiger partial charge is 0.394 e. The van der Waals surface area contributed by atoms with E-state index in [0.29, 0.717) is 6.10 Å². The minimum Gasteiger partial charge on any atom is -0.379 e. The molecule has 5 nitrogen and oxygen atoms in total. The van der Waals surface area contributed by atoms with Crippen LogP contribution < -0.4 is 0 Å². The second-order valence-corrected chi connectivity index (χ2v) is 5.87. The van der Waals surface area contributed by atoms with E-state index in [4.69, 9.17) is 22.3 Å². The topological polar surface area (TPSA) is 83.8 Å². The highest BCUT2D eigenvalue weighted by molar-refractivity contribution is 7.79. The van der Waals surface area contributed by atoms with E-state index in [1.54, 1.807) is 0 Å². The van der Waals surface area contributed by atoms with Crippen LogP contribution in [0.3, 0.4) is 0 Å². The number of rotatable bonds is 11. The molecule has 0 aromatic heterocycles. The highest BCUT2D eigenvalue weighted by Gasteiger charge is 1.99. The van der Waals surface area contributed by atoms with Crippen LogP contribution in [0.15, 0.2) is 0 Å². The molecule has 6 heteroatoms. The molecule has 1 unspecified atom stereocenters. The van der Waals surface area contributed by atoms with Crippen molar-refractivity contribution in [1.82, 2.24) is 0 Å². The van der Waals surface area contributed by atoms with Crippen LogP contribution in [0.5, 0.6) is 0 Å². The van der Waals surface area contributed by atoms with E-state index < -0.39 is 10.4 Å². The van der Waals surface area contributed by atoms with Gasteiger partial charge >= 0.3 is 10.4 Å². The molecule has 0 aromatic carbocycles. The zero-order chi connectivity index (χ0) is 15.9. The summed E-state index contributed by atoms with van der Waals surface area (Å²) < 4.78 is 37.1. The fourth-order valence-electron chi connectivity index (χ4n) is 1.93. The van der Waals surface area contributed by atoms with Gasteiger partial charge in [0, 0.05) is 6.61 Å². The summed E-state index contributed by atoms with van der Waals surface area (Å²) in [7, 11) is -4.67. The third-order valence-electron chi connectivity index (χ3n) is 2.92. The third kappa shape index (κ3) is 30.7. The van der Waals surface area contributed by atoms with E-state index in [0.717, 1.165) is 6.61 Å².